The predicted octanol–water partition coefficient (Wildman–Crippen LogP) is 1.81. The van der Waals surface area contributed by atoms with E-state index in [1.165, 1.54) is 0 Å². The molecule has 104 valence electrons. The summed E-state index contributed by atoms with van der Waals surface area (Å²) in [7, 11) is 0. The zero-order valence-corrected chi connectivity index (χ0v) is 11.7. The Morgan fingerprint density at radius 2 is 2.26 bits per heavy atom. The molecule has 2 rings (SSSR count). The quantitative estimate of drug-likeness (QED) is 0.869. The predicted molar refractivity (Wildman–Crippen MR) is 78.1 cm³/mol. The Hall–Kier alpha value is -1.55. The van der Waals surface area contributed by atoms with E-state index in [9.17, 15) is 4.79 Å². The molecule has 3 N–H and O–H groups in total. The third kappa shape index (κ3) is 3.26. The van der Waals surface area contributed by atoms with Gasteiger partial charge in [-0.05, 0) is 31.4 Å². The Labute approximate surface area is 115 Å². The molecule has 1 aliphatic rings. The molecule has 1 amide bonds. The molecule has 2 unspecified atom stereocenters. The largest absolute Gasteiger partial charge is 0.362 e. The van der Waals surface area contributed by atoms with Gasteiger partial charge < -0.3 is 16.0 Å². The van der Waals surface area contributed by atoms with Gasteiger partial charge in [0, 0.05) is 24.3 Å². The van der Waals surface area contributed by atoms with E-state index >= 15 is 0 Å². The van der Waals surface area contributed by atoms with Crippen LogP contribution in [0.2, 0.25) is 0 Å². The summed E-state index contributed by atoms with van der Waals surface area (Å²) < 4.78 is 0. The first-order chi connectivity index (χ1) is 9.11. The fourth-order valence-corrected chi connectivity index (χ4v) is 2.42. The number of hydrogen-bond acceptors (Lipinski definition) is 3. The number of fused-ring (bicyclic) bond motifs is 1. The average Bonchev–Trinajstić information content (AvgIpc) is 2.42. The fourth-order valence-electron chi connectivity index (χ4n) is 2.42. The zero-order valence-electron chi connectivity index (χ0n) is 11.7. The van der Waals surface area contributed by atoms with Crippen molar-refractivity contribution in [3.63, 3.8) is 0 Å². The molecule has 0 radical (unpaired) electrons. The van der Waals surface area contributed by atoms with Gasteiger partial charge in [-0.15, -0.1) is 0 Å². The van der Waals surface area contributed by atoms with E-state index in [0.29, 0.717) is 6.54 Å². The lowest BCUT2D eigenvalue weighted by Gasteiger charge is -2.34. The minimum absolute atomic E-state index is 0.0830. The number of para-hydroxylation sites is 1. The molecule has 1 aromatic rings. The second-order valence-corrected chi connectivity index (χ2v) is 5.25. The van der Waals surface area contributed by atoms with Crippen molar-refractivity contribution in [2.45, 2.75) is 38.8 Å². The fraction of sp³-hybridized carbons (Fsp3) is 0.533. The van der Waals surface area contributed by atoms with Crippen LogP contribution in [0.3, 0.4) is 0 Å². The minimum atomic E-state index is 0.0830. The van der Waals surface area contributed by atoms with Gasteiger partial charge in [-0.3, -0.25) is 4.79 Å². The maximum atomic E-state index is 12.0. The monoisotopic (exact) mass is 261 g/mol. The van der Waals surface area contributed by atoms with E-state index in [2.05, 4.69) is 23.2 Å². The number of nitrogens with two attached hydrogens (primary N) is 1. The molecule has 1 aliphatic heterocycles. The van der Waals surface area contributed by atoms with Gasteiger partial charge >= 0.3 is 0 Å². The Kier molecular flexibility index (Phi) is 4.43. The molecule has 4 heteroatoms. The van der Waals surface area contributed by atoms with Crippen molar-refractivity contribution in [3.05, 3.63) is 29.8 Å². The summed E-state index contributed by atoms with van der Waals surface area (Å²) >= 11 is 0. The Balaban J connectivity index is 2.06. The van der Waals surface area contributed by atoms with Gasteiger partial charge in [-0.25, -0.2) is 0 Å². The third-order valence-electron chi connectivity index (χ3n) is 3.74. The molecule has 19 heavy (non-hydrogen) atoms. The number of nitrogens with one attached hydrogen (secondary N) is 1. The normalized spacial score (nSPS) is 19.7. The number of anilines is 1. The molecule has 4 nitrogen and oxygen atoms in total. The third-order valence-corrected chi connectivity index (χ3v) is 3.74. The van der Waals surface area contributed by atoms with Crippen molar-refractivity contribution >= 4 is 11.6 Å². The van der Waals surface area contributed by atoms with Crippen LogP contribution in [0.25, 0.3) is 0 Å². The first kappa shape index (κ1) is 13.9. The van der Waals surface area contributed by atoms with E-state index in [1.54, 1.807) is 0 Å². The van der Waals surface area contributed by atoms with Gasteiger partial charge in [-0.1, -0.05) is 25.1 Å². The molecule has 0 spiro atoms. The van der Waals surface area contributed by atoms with Crippen LogP contribution in [0.1, 0.15) is 38.3 Å². The number of rotatable bonds is 4. The number of hydrogen-bond donors (Lipinski definition) is 2. The van der Waals surface area contributed by atoms with Gasteiger partial charge in [0.15, 0.2) is 0 Å². The van der Waals surface area contributed by atoms with Crippen LogP contribution in [0.5, 0.6) is 0 Å². The summed E-state index contributed by atoms with van der Waals surface area (Å²) in [6.07, 6.45) is 1.85. The molecule has 1 heterocycles. The molecule has 0 saturated carbocycles. The maximum absolute atomic E-state index is 12.0. The SMILES string of the molecule is CCC(C)NC(=O)CN1CCC(N)c2ccccc21. The van der Waals surface area contributed by atoms with Gasteiger partial charge in [-0.2, -0.15) is 0 Å². The molecule has 0 fully saturated rings. The van der Waals surface area contributed by atoms with Crippen LogP contribution in [0, 0.1) is 0 Å². The summed E-state index contributed by atoms with van der Waals surface area (Å²) in [5.74, 6) is 0.0830. The first-order valence-electron chi connectivity index (χ1n) is 7.00. The lowest BCUT2D eigenvalue weighted by Crippen LogP contribution is -2.43. The van der Waals surface area contributed by atoms with Gasteiger partial charge in [0.2, 0.25) is 5.91 Å². The number of nitrogens with zero attached hydrogens (tertiary/aromatic N) is 1. The molecular weight excluding hydrogens is 238 g/mol. The lowest BCUT2D eigenvalue weighted by atomic mass is 9.97. The summed E-state index contributed by atoms with van der Waals surface area (Å²) in [6, 6.07) is 8.42. The van der Waals surface area contributed by atoms with Crippen molar-refractivity contribution in [1.82, 2.24) is 5.32 Å². The van der Waals surface area contributed by atoms with Crippen LogP contribution in [-0.4, -0.2) is 25.0 Å². The van der Waals surface area contributed by atoms with Crippen LogP contribution in [0.4, 0.5) is 5.69 Å². The summed E-state index contributed by atoms with van der Waals surface area (Å²) in [5, 5.41) is 3.01. The number of carbonyl (C=O) groups excluding carboxylic acids is 1. The summed E-state index contributed by atoms with van der Waals surface area (Å²) in [5.41, 5.74) is 8.36. The second-order valence-electron chi connectivity index (χ2n) is 5.25. The van der Waals surface area contributed by atoms with Gasteiger partial charge in [0.05, 0.1) is 6.54 Å². The number of carbonyl (C=O) groups is 1. The van der Waals surface area contributed by atoms with E-state index in [-0.39, 0.29) is 18.0 Å². The number of amides is 1. The molecular formula is C15H23N3O. The standard InChI is InChI=1S/C15H23N3O/c1-3-11(2)17-15(19)10-18-9-8-13(16)12-6-4-5-7-14(12)18/h4-7,11,13H,3,8-10,16H2,1-2H3,(H,17,19). The Morgan fingerprint density at radius 3 is 3.00 bits per heavy atom. The first-order valence-corrected chi connectivity index (χ1v) is 7.00. The molecule has 2 atom stereocenters. The van der Waals surface area contributed by atoms with Gasteiger partial charge in [0.25, 0.3) is 0 Å². The smallest absolute Gasteiger partial charge is 0.239 e. The second kappa shape index (κ2) is 6.06. The summed E-state index contributed by atoms with van der Waals surface area (Å²) in [4.78, 5) is 14.1. The summed E-state index contributed by atoms with van der Waals surface area (Å²) in [6.45, 7) is 5.35. The van der Waals surface area contributed by atoms with Crippen molar-refractivity contribution in [2.24, 2.45) is 5.73 Å². The van der Waals surface area contributed by atoms with Crippen LogP contribution in [-0.2, 0) is 4.79 Å². The Morgan fingerprint density at radius 1 is 1.53 bits per heavy atom. The molecule has 0 aromatic heterocycles. The van der Waals surface area contributed by atoms with E-state index in [0.717, 1.165) is 30.6 Å². The molecule has 0 bridgehead atoms. The number of benzene rings is 1. The Bertz CT molecular complexity index is 447. The maximum Gasteiger partial charge on any atom is 0.239 e. The van der Waals surface area contributed by atoms with Crippen molar-refractivity contribution in [3.8, 4) is 0 Å². The molecule has 1 aromatic carbocycles. The lowest BCUT2D eigenvalue weighted by molar-refractivity contribution is -0.120. The zero-order chi connectivity index (χ0) is 13.8. The van der Waals surface area contributed by atoms with E-state index in [1.807, 2.05) is 25.1 Å². The van der Waals surface area contributed by atoms with Crippen molar-refractivity contribution in [2.75, 3.05) is 18.0 Å². The van der Waals surface area contributed by atoms with E-state index in [4.69, 9.17) is 5.73 Å². The van der Waals surface area contributed by atoms with Crippen molar-refractivity contribution in [1.29, 1.82) is 0 Å². The van der Waals surface area contributed by atoms with Crippen molar-refractivity contribution < 1.29 is 4.79 Å². The highest BCUT2D eigenvalue weighted by molar-refractivity contribution is 5.82. The van der Waals surface area contributed by atoms with Crippen LogP contribution >= 0.6 is 0 Å². The molecule has 0 aliphatic carbocycles. The highest BCUT2D eigenvalue weighted by Gasteiger charge is 2.23. The van der Waals surface area contributed by atoms with Crippen LogP contribution in [0.15, 0.2) is 24.3 Å². The van der Waals surface area contributed by atoms with E-state index < -0.39 is 0 Å². The minimum Gasteiger partial charge on any atom is -0.362 e. The van der Waals surface area contributed by atoms with Crippen LogP contribution < -0.4 is 16.0 Å². The highest BCUT2D eigenvalue weighted by atomic mass is 16.2. The topological polar surface area (TPSA) is 58.4 Å². The highest BCUT2D eigenvalue weighted by Crippen LogP contribution is 2.31. The molecule has 0 saturated heterocycles. The average molecular weight is 261 g/mol. The van der Waals surface area contributed by atoms with Gasteiger partial charge in [0.1, 0.15) is 0 Å².